The Morgan fingerprint density at radius 3 is 2.82 bits per heavy atom. The van der Waals surface area contributed by atoms with Crippen molar-refractivity contribution >= 4 is 27.5 Å². The van der Waals surface area contributed by atoms with E-state index in [-0.39, 0.29) is 11.5 Å². The van der Waals surface area contributed by atoms with Crippen LogP contribution in [-0.4, -0.2) is 16.5 Å². The minimum Gasteiger partial charge on any atom is -0.323 e. The molecule has 6 heteroatoms. The number of amides is 1. The Bertz CT molecular complexity index is 444. The van der Waals surface area contributed by atoms with Crippen LogP contribution in [0, 0.1) is 0 Å². The van der Waals surface area contributed by atoms with E-state index in [2.05, 4.69) is 21.2 Å². The highest BCUT2D eigenvalue weighted by Crippen LogP contribution is 2.11. The number of nitrogens with two attached hydrogens (primary N) is 1. The van der Waals surface area contributed by atoms with Gasteiger partial charge in [0, 0.05) is 13.2 Å². The van der Waals surface area contributed by atoms with Gasteiger partial charge in [-0.1, -0.05) is 13.3 Å². The predicted octanol–water partition coefficient (Wildman–Crippen LogP) is 1.21. The van der Waals surface area contributed by atoms with Crippen LogP contribution in [0.5, 0.6) is 0 Å². The molecule has 17 heavy (non-hydrogen) atoms. The normalized spacial score (nSPS) is 12.2. The summed E-state index contributed by atoms with van der Waals surface area (Å²) in [6.45, 7) is 1.97. The molecule has 0 fully saturated rings. The highest BCUT2D eigenvalue weighted by atomic mass is 79.9. The fraction of sp³-hybridized carbons (Fsp3) is 0.455. The summed E-state index contributed by atoms with van der Waals surface area (Å²) in [7, 11) is 1.62. The number of carbonyl (C=O) groups excluding carboxylic acids is 1. The molecule has 1 atom stereocenters. The number of nitrogens with one attached hydrogen (secondary N) is 1. The number of hydrogen-bond acceptors (Lipinski definition) is 3. The third kappa shape index (κ3) is 3.67. The maximum absolute atomic E-state index is 11.7. The van der Waals surface area contributed by atoms with Crippen LogP contribution in [0.4, 0.5) is 5.69 Å². The van der Waals surface area contributed by atoms with Crippen molar-refractivity contribution in [1.82, 2.24) is 4.57 Å². The quantitative estimate of drug-likeness (QED) is 0.877. The minimum atomic E-state index is -0.518. The van der Waals surface area contributed by atoms with Crippen molar-refractivity contribution in [3.05, 3.63) is 27.1 Å². The molecule has 1 heterocycles. The van der Waals surface area contributed by atoms with E-state index in [1.165, 1.54) is 4.57 Å². The Balaban J connectivity index is 2.82. The minimum absolute atomic E-state index is 0.152. The van der Waals surface area contributed by atoms with Crippen molar-refractivity contribution in [2.75, 3.05) is 5.32 Å². The molecule has 94 valence electrons. The maximum Gasteiger partial charge on any atom is 0.264 e. The zero-order valence-electron chi connectivity index (χ0n) is 9.87. The average molecular weight is 302 g/mol. The highest BCUT2D eigenvalue weighted by molar-refractivity contribution is 9.10. The topological polar surface area (TPSA) is 77.1 Å². The molecule has 0 bridgehead atoms. The summed E-state index contributed by atoms with van der Waals surface area (Å²) in [5, 5.41) is 2.68. The summed E-state index contributed by atoms with van der Waals surface area (Å²) in [5.41, 5.74) is 6.09. The molecule has 0 aliphatic carbocycles. The molecule has 0 aliphatic rings. The molecular weight excluding hydrogens is 286 g/mol. The molecule has 1 aromatic heterocycles. The number of hydrogen-bond donors (Lipinski definition) is 2. The van der Waals surface area contributed by atoms with E-state index in [0.29, 0.717) is 16.6 Å². The first kappa shape index (κ1) is 13.9. The summed E-state index contributed by atoms with van der Waals surface area (Å²) in [6, 6.07) is 1.05. The Morgan fingerprint density at radius 2 is 2.29 bits per heavy atom. The number of pyridine rings is 1. The van der Waals surface area contributed by atoms with Crippen LogP contribution in [0.2, 0.25) is 0 Å². The fourth-order valence-corrected chi connectivity index (χ4v) is 1.94. The Kier molecular flexibility index (Phi) is 4.89. The van der Waals surface area contributed by atoms with E-state index < -0.39 is 6.04 Å². The third-order valence-electron chi connectivity index (χ3n) is 2.34. The predicted molar refractivity (Wildman–Crippen MR) is 70.9 cm³/mol. The van der Waals surface area contributed by atoms with E-state index in [0.717, 1.165) is 6.42 Å². The first-order valence-corrected chi connectivity index (χ1v) is 6.17. The van der Waals surface area contributed by atoms with Crippen LogP contribution in [-0.2, 0) is 11.8 Å². The van der Waals surface area contributed by atoms with Crippen LogP contribution in [0.15, 0.2) is 21.5 Å². The number of rotatable bonds is 4. The number of carbonyl (C=O) groups is 1. The summed E-state index contributed by atoms with van der Waals surface area (Å²) in [4.78, 5) is 23.1. The molecule has 1 amide bonds. The van der Waals surface area contributed by atoms with Gasteiger partial charge >= 0.3 is 0 Å². The fourth-order valence-electron chi connectivity index (χ4n) is 1.42. The lowest BCUT2D eigenvalue weighted by atomic mass is 10.1. The number of aryl methyl sites for hydroxylation is 1. The lowest BCUT2D eigenvalue weighted by Crippen LogP contribution is -2.35. The van der Waals surface area contributed by atoms with Gasteiger partial charge in [0.1, 0.15) is 0 Å². The van der Waals surface area contributed by atoms with Gasteiger partial charge < -0.3 is 15.6 Å². The van der Waals surface area contributed by atoms with Crippen molar-refractivity contribution < 1.29 is 4.79 Å². The van der Waals surface area contributed by atoms with Gasteiger partial charge in [-0.3, -0.25) is 9.59 Å². The van der Waals surface area contributed by atoms with Gasteiger partial charge in [-0.2, -0.15) is 0 Å². The van der Waals surface area contributed by atoms with Gasteiger partial charge in [0.05, 0.1) is 16.2 Å². The first-order chi connectivity index (χ1) is 7.95. The summed E-state index contributed by atoms with van der Waals surface area (Å²) < 4.78 is 1.80. The molecule has 1 aromatic rings. The zero-order chi connectivity index (χ0) is 13.0. The summed E-state index contributed by atoms with van der Waals surface area (Å²) >= 11 is 3.14. The van der Waals surface area contributed by atoms with Crippen LogP contribution in [0.1, 0.15) is 19.8 Å². The Morgan fingerprint density at radius 1 is 1.65 bits per heavy atom. The van der Waals surface area contributed by atoms with E-state index in [9.17, 15) is 9.59 Å². The molecule has 0 spiro atoms. The molecular formula is C11H16BrN3O2. The van der Waals surface area contributed by atoms with Crippen LogP contribution in [0.3, 0.4) is 0 Å². The molecule has 5 nitrogen and oxygen atoms in total. The standard InChI is InChI=1S/C11H16BrN3O2/c1-3-4-9(13)10(16)14-7-5-8(12)11(17)15(2)6-7/h5-6,9H,3-4,13H2,1-2H3,(H,14,16). The Labute approximate surface area is 108 Å². The van der Waals surface area contributed by atoms with Gasteiger partial charge in [0.15, 0.2) is 0 Å². The van der Waals surface area contributed by atoms with Crippen molar-refractivity contribution in [1.29, 1.82) is 0 Å². The molecule has 0 aromatic carbocycles. The van der Waals surface area contributed by atoms with Crippen LogP contribution < -0.4 is 16.6 Å². The lowest BCUT2D eigenvalue weighted by molar-refractivity contribution is -0.117. The van der Waals surface area contributed by atoms with Gasteiger partial charge in [-0.05, 0) is 28.4 Å². The van der Waals surface area contributed by atoms with E-state index in [4.69, 9.17) is 5.73 Å². The molecule has 0 aliphatic heterocycles. The SMILES string of the molecule is CCCC(N)C(=O)Nc1cc(Br)c(=O)n(C)c1. The van der Waals surface area contributed by atoms with Crippen molar-refractivity contribution in [2.24, 2.45) is 12.8 Å². The van der Waals surface area contributed by atoms with Crippen LogP contribution in [0.25, 0.3) is 0 Å². The first-order valence-electron chi connectivity index (χ1n) is 5.38. The van der Waals surface area contributed by atoms with Crippen molar-refractivity contribution in [3.63, 3.8) is 0 Å². The second-order valence-corrected chi connectivity index (χ2v) is 4.73. The van der Waals surface area contributed by atoms with E-state index in [1.807, 2.05) is 6.92 Å². The number of nitrogens with zero attached hydrogens (tertiary/aromatic N) is 1. The van der Waals surface area contributed by atoms with E-state index >= 15 is 0 Å². The second-order valence-electron chi connectivity index (χ2n) is 3.88. The zero-order valence-corrected chi connectivity index (χ0v) is 11.5. The average Bonchev–Trinajstić information content (AvgIpc) is 2.26. The van der Waals surface area contributed by atoms with Gasteiger partial charge in [-0.15, -0.1) is 0 Å². The number of anilines is 1. The smallest absolute Gasteiger partial charge is 0.264 e. The molecule has 0 radical (unpaired) electrons. The molecule has 1 rings (SSSR count). The Hall–Kier alpha value is -1.14. The van der Waals surface area contributed by atoms with Crippen molar-refractivity contribution in [3.8, 4) is 0 Å². The number of aromatic nitrogens is 1. The van der Waals surface area contributed by atoms with Crippen molar-refractivity contribution in [2.45, 2.75) is 25.8 Å². The third-order valence-corrected chi connectivity index (χ3v) is 2.91. The molecule has 3 N–H and O–H groups in total. The van der Waals surface area contributed by atoms with E-state index in [1.54, 1.807) is 19.3 Å². The highest BCUT2D eigenvalue weighted by Gasteiger charge is 2.13. The number of halogens is 1. The molecule has 1 unspecified atom stereocenters. The lowest BCUT2D eigenvalue weighted by Gasteiger charge is -2.12. The van der Waals surface area contributed by atoms with Crippen LogP contribution >= 0.6 is 15.9 Å². The van der Waals surface area contributed by atoms with Gasteiger partial charge in [-0.25, -0.2) is 0 Å². The monoisotopic (exact) mass is 301 g/mol. The van der Waals surface area contributed by atoms with Gasteiger partial charge in [0.2, 0.25) is 5.91 Å². The maximum atomic E-state index is 11.7. The second kappa shape index (κ2) is 5.97. The summed E-state index contributed by atoms with van der Waals surface area (Å²) in [6.07, 6.45) is 3.05. The van der Waals surface area contributed by atoms with Gasteiger partial charge in [0.25, 0.3) is 5.56 Å². The summed E-state index contributed by atoms with van der Waals surface area (Å²) in [5.74, 6) is -0.239. The molecule has 0 saturated heterocycles. The largest absolute Gasteiger partial charge is 0.323 e. The molecule has 0 saturated carbocycles.